The van der Waals surface area contributed by atoms with Gasteiger partial charge >= 0.3 is 6.03 Å². The van der Waals surface area contributed by atoms with Gasteiger partial charge in [0, 0.05) is 24.7 Å². The van der Waals surface area contributed by atoms with Crippen LogP contribution < -0.4 is 29.7 Å². The van der Waals surface area contributed by atoms with Gasteiger partial charge < -0.3 is 24.8 Å². The molecule has 9 nitrogen and oxygen atoms in total. The molecule has 1 heterocycles. The number of likely N-dealkylation sites (N-methyl/N-ethyl adjacent to an activating group) is 1. The van der Waals surface area contributed by atoms with E-state index in [-0.39, 0.29) is 0 Å². The molecule has 1 aliphatic rings. The Kier molecular flexibility index (Phi) is 6.82. The number of methoxy groups -OCH3 is 3. The highest BCUT2D eigenvalue weighted by molar-refractivity contribution is 6.23. The number of hydrogen-bond donors (Lipinski definition) is 1. The van der Waals surface area contributed by atoms with Gasteiger partial charge in [0.25, 0.3) is 5.91 Å². The topological polar surface area (TPSA) is 107 Å². The number of nitrogens with two attached hydrogens (primary N) is 1. The second kappa shape index (κ2) is 9.99. The number of carbonyl (C=O) groups is 2. The third-order valence-corrected chi connectivity index (χ3v) is 6.13. The van der Waals surface area contributed by atoms with Crippen LogP contribution in [0.15, 0.2) is 65.7 Å². The standard InChI is InChI=1S/C27H28N4O5/c1-16-10-6-8-12-19(16)31(27(28)33)25-26(32)30(2)20-13-9-7-11-18(20)24(29-25)23-21(35-4)14-17(34-3)15-22(23)36-5/h6-15,25H,1-5H3,(H2,28,33). The van der Waals surface area contributed by atoms with Crippen LogP contribution in [-0.4, -0.2) is 52.2 Å². The van der Waals surface area contributed by atoms with Crippen LogP contribution in [0.25, 0.3) is 0 Å². The molecule has 9 heteroatoms. The molecule has 0 aromatic heterocycles. The number of amides is 3. The summed E-state index contributed by atoms with van der Waals surface area (Å²) in [6, 6.07) is 17.2. The second-order valence-corrected chi connectivity index (χ2v) is 8.17. The first kappa shape index (κ1) is 24.6. The number of ether oxygens (including phenoxy) is 3. The molecule has 0 bridgehead atoms. The van der Waals surface area contributed by atoms with Crippen molar-refractivity contribution in [3.63, 3.8) is 0 Å². The molecule has 1 atom stereocenters. The Morgan fingerprint density at radius 2 is 1.58 bits per heavy atom. The Morgan fingerprint density at radius 1 is 0.972 bits per heavy atom. The summed E-state index contributed by atoms with van der Waals surface area (Å²) in [5.41, 5.74) is 9.29. The van der Waals surface area contributed by atoms with Crippen LogP contribution in [-0.2, 0) is 4.79 Å². The summed E-state index contributed by atoms with van der Waals surface area (Å²) in [6.07, 6.45) is -1.28. The van der Waals surface area contributed by atoms with Crippen LogP contribution in [0.4, 0.5) is 16.2 Å². The number of nitrogens with zero attached hydrogens (tertiary/aromatic N) is 3. The fraction of sp³-hybridized carbons (Fsp3) is 0.222. The van der Waals surface area contributed by atoms with Crippen LogP contribution in [0.3, 0.4) is 0 Å². The minimum Gasteiger partial charge on any atom is -0.496 e. The zero-order chi connectivity index (χ0) is 26.0. The third-order valence-electron chi connectivity index (χ3n) is 6.13. The summed E-state index contributed by atoms with van der Waals surface area (Å²) in [6.45, 7) is 1.84. The number of para-hydroxylation sites is 2. The summed E-state index contributed by atoms with van der Waals surface area (Å²) in [5, 5.41) is 0. The van der Waals surface area contributed by atoms with Crippen molar-refractivity contribution in [1.29, 1.82) is 0 Å². The molecule has 36 heavy (non-hydrogen) atoms. The largest absolute Gasteiger partial charge is 0.496 e. The Morgan fingerprint density at radius 3 is 2.17 bits per heavy atom. The number of benzodiazepines with no additional fused rings is 1. The highest BCUT2D eigenvalue weighted by atomic mass is 16.5. The molecule has 3 amide bonds. The number of primary amides is 1. The first-order valence-corrected chi connectivity index (χ1v) is 11.2. The molecule has 0 saturated carbocycles. The predicted octanol–water partition coefficient (Wildman–Crippen LogP) is 3.75. The minimum absolute atomic E-state index is 0.407. The van der Waals surface area contributed by atoms with Crippen molar-refractivity contribution < 1.29 is 23.8 Å². The van der Waals surface area contributed by atoms with Crippen LogP contribution in [0, 0.1) is 6.92 Å². The number of fused-ring (bicyclic) bond motifs is 1. The maximum absolute atomic E-state index is 13.8. The molecule has 0 saturated heterocycles. The summed E-state index contributed by atoms with van der Waals surface area (Å²) in [4.78, 5) is 34.2. The zero-order valence-electron chi connectivity index (χ0n) is 20.8. The van der Waals surface area contributed by atoms with Crippen molar-refractivity contribution in [3.8, 4) is 17.2 Å². The lowest BCUT2D eigenvalue weighted by Gasteiger charge is -2.29. The average Bonchev–Trinajstić information content (AvgIpc) is 2.99. The quantitative estimate of drug-likeness (QED) is 0.569. The van der Waals surface area contributed by atoms with Gasteiger partial charge in [-0.15, -0.1) is 0 Å². The molecule has 3 aromatic carbocycles. The molecule has 3 aromatic rings. The van der Waals surface area contributed by atoms with Crippen LogP contribution >= 0.6 is 0 Å². The van der Waals surface area contributed by atoms with Crippen molar-refractivity contribution in [2.75, 3.05) is 38.2 Å². The lowest BCUT2D eigenvalue weighted by molar-refractivity contribution is -0.119. The number of urea groups is 1. The van der Waals surface area contributed by atoms with E-state index >= 15 is 0 Å². The average molecular weight is 489 g/mol. The number of rotatable bonds is 6. The number of aryl methyl sites for hydroxylation is 1. The first-order chi connectivity index (χ1) is 17.3. The van der Waals surface area contributed by atoms with Crippen LogP contribution in [0.1, 0.15) is 16.7 Å². The Hall–Kier alpha value is -4.53. The SMILES string of the molecule is COc1cc(OC)c(C2=NC(N(C(N)=O)c3ccccc3C)C(=O)N(C)c3ccccc32)c(OC)c1. The molecular formula is C27H28N4O5. The molecule has 1 aliphatic heterocycles. The van der Waals surface area contributed by atoms with Crippen LogP contribution in [0.5, 0.6) is 17.2 Å². The van der Waals surface area contributed by atoms with Gasteiger partial charge in [-0.1, -0.05) is 36.4 Å². The number of benzene rings is 3. The molecule has 0 fully saturated rings. The van der Waals surface area contributed by atoms with Crippen molar-refractivity contribution in [2.24, 2.45) is 10.7 Å². The fourth-order valence-corrected chi connectivity index (χ4v) is 4.32. The van der Waals surface area contributed by atoms with Gasteiger partial charge in [-0.25, -0.2) is 9.79 Å². The number of aliphatic imine (C=N–C) groups is 1. The summed E-state index contributed by atoms with van der Waals surface area (Å²) >= 11 is 0. The van der Waals surface area contributed by atoms with Gasteiger partial charge in [0.15, 0.2) is 0 Å². The van der Waals surface area contributed by atoms with Gasteiger partial charge in [0.2, 0.25) is 6.17 Å². The summed E-state index contributed by atoms with van der Waals surface area (Å²) in [5.74, 6) is 0.957. The molecule has 186 valence electrons. The maximum atomic E-state index is 13.8. The Bertz CT molecular complexity index is 1330. The maximum Gasteiger partial charge on any atom is 0.321 e. The molecule has 0 aliphatic carbocycles. The Labute approximate surface area is 209 Å². The van der Waals surface area contributed by atoms with E-state index in [1.165, 1.54) is 24.0 Å². The number of hydrogen-bond acceptors (Lipinski definition) is 6. The molecule has 1 unspecified atom stereocenters. The first-order valence-electron chi connectivity index (χ1n) is 11.2. The number of carbonyl (C=O) groups excluding carboxylic acids is 2. The molecule has 0 radical (unpaired) electrons. The van der Waals surface area contributed by atoms with E-state index in [2.05, 4.69) is 0 Å². The van der Waals surface area contributed by atoms with Crippen molar-refractivity contribution in [2.45, 2.75) is 13.1 Å². The molecule has 4 rings (SSSR count). The van der Waals surface area contributed by atoms with Gasteiger partial charge in [0.05, 0.1) is 44.0 Å². The van der Waals surface area contributed by atoms with E-state index < -0.39 is 18.1 Å². The van der Waals surface area contributed by atoms with Gasteiger partial charge in [0.1, 0.15) is 17.2 Å². The van der Waals surface area contributed by atoms with Crippen LogP contribution in [0.2, 0.25) is 0 Å². The molecular weight excluding hydrogens is 460 g/mol. The second-order valence-electron chi connectivity index (χ2n) is 8.17. The monoisotopic (exact) mass is 488 g/mol. The highest BCUT2D eigenvalue weighted by Crippen LogP contribution is 2.39. The summed E-state index contributed by atoms with van der Waals surface area (Å²) in [7, 11) is 6.24. The number of anilines is 2. The lowest BCUT2D eigenvalue weighted by Crippen LogP contribution is -2.51. The van der Waals surface area contributed by atoms with Crippen molar-refractivity contribution >= 4 is 29.0 Å². The predicted molar refractivity (Wildman–Crippen MR) is 139 cm³/mol. The van der Waals surface area contributed by atoms with E-state index in [1.807, 2.05) is 43.3 Å². The van der Waals surface area contributed by atoms with E-state index in [0.29, 0.717) is 45.5 Å². The van der Waals surface area contributed by atoms with Crippen molar-refractivity contribution in [1.82, 2.24) is 0 Å². The van der Waals surface area contributed by atoms with E-state index in [4.69, 9.17) is 24.9 Å². The van der Waals surface area contributed by atoms with Gasteiger partial charge in [-0.2, -0.15) is 0 Å². The van der Waals surface area contributed by atoms with Gasteiger partial charge in [-0.05, 0) is 24.6 Å². The van der Waals surface area contributed by atoms with Gasteiger partial charge in [-0.3, -0.25) is 9.69 Å². The zero-order valence-corrected chi connectivity index (χ0v) is 20.8. The lowest BCUT2D eigenvalue weighted by atomic mass is 9.98. The molecule has 2 N–H and O–H groups in total. The normalized spacial score (nSPS) is 14.9. The summed E-state index contributed by atoms with van der Waals surface area (Å²) < 4.78 is 16.8. The fourth-order valence-electron chi connectivity index (χ4n) is 4.32. The van der Waals surface area contributed by atoms with E-state index in [0.717, 1.165) is 5.56 Å². The highest BCUT2D eigenvalue weighted by Gasteiger charge is 2.38. The Balaban J connectivity index is 2.06. The molecule has 0 spiro atoms. The third kappa shape index (κ3) is 4.19. The minimum atomic E-state index is -1.28. The van der Waals surface area contributed by atoms with Crippen molar-refractivity contribution in [3.05, 3.63) is 77.4 Å². The smallest absolute Gasteiger partial charge is 0.321 e. The van der Waals surface area contributed by atoms with E-state index in [1.54, 1.807) is 38.4 Å². The van der Waals surface area contributed by atoms with E-state index in [9.17, 15) is 9.59 Å².